The quantitative estimate of drug-likeness (QED) is 0.819. The smallest absolute Gasteiger partial charge is 0.326 e. The Bertz CT molecular complexity index is 408. The first-order chi connectivity index (χ1) is 9.88. The van der Waals surface area contributed by atoms with Crippen LogP contribution in [0.4, 0.5) is 0 Å². The molecule has 0 saturated heterocycles. The highest BCUT2D eigenvalue weighted by atomic mass is 16.4. The molecule has 1 amide bonds. The van der Waals surface area contributed by atoms with Gasteiger partial charge in [0.2, 0.25) is 5.91 Å². The van der Waals surface area contributed by atoms with Gasteiger partial charge in [0.05, 0.1) is 0 Å². The molecule has 4 nitrogen and oxygen atoms in total. The molecule has 4 bridgehead atoms. The SMILES string of the molecule is CC(C)C[C@H](NC(=O)C12CC3CC(CC(C3)C1)C2)C(=O)O. The van der Waals surface area contributed by atoms with Crippen molar-refractivity contribution in [1.29, 1.82) is 0 Å². The number of hydrogen-bond acceptors (Lipinski definition) is 2. The molecule has 0 heterocycles. The zero-order chi connectivity index (χ0) is 15.2. The number of aliphatic carboxylic acids is 1. The fourth-order valence-electron chi connectivity index (χ4n) is 5.39. The van der Waals surface area contributed by atoms with Gasteiger partial charge in [-0.2, -0.15) is 0 Å². The van der Waals surface area contributed by atoms with Crippen molar-refractivity contribution >= 4 is 11.9 Å². The predicted molar refractivity (Wildman–Crippen MR) is 79.6 cm³/mol. The monoisotopic (exact) mass is 293 g/mol. The molecule has 0 aromatic heterocycles. The second-order valence-electron chi connectivity index (χ2n) is 8.19. The van der Waals surface area contributed by atoms with Crippen LogP contribution in [0.5, 0.6) is 0 Å². The fourth-order valence-corrected chi connectivity index (χ4v) is 5.39. The van der Waals surface area contributed by atoms with Crippen LogP contribution in [-0.4, -0.2) is 23.0 Å². The van der Waals surface area contributed by atoms with Crippen molar-refractivity contribution in [3.05, 3.63) is 0 Å². The molecule has 0 aliphatic heterocycles. The molecule has 4 heteroatoms. The van der Waals surface area contributed by atoms with Crippen LogP contribution in [0.1, 0.15) is 58.8 Å². The highest BCUT2D eigenvalue weighted by molar-refractivity contribution is 5.87. The molecule has 0 aromatic rings. The van der Waals surface area contributed by atoms with Gasteiger partial charge >= 0.3 is 5.97 Å². The van der Waals surface area contributed by atoms with Gasteiger partial charge in [0, 0.05) is 5.41 Å². The van der Waals surface area contributed by atoms with Crippen molar-refractivity contribution in [2.24, 2.45) is 29.1 Å². The Kier molecular flexibility index (Phi) is 3.74. The molecule has 1 atom stereocenters. The van der Waals surface area contributed by atoms with Crippen LogP contribution in [0.15, 0.2) is 0 Å². The van der Waals surface area contributed by atoms with E-state index in [9.17, 15) is 14.7 Å². The third-order valence-corrected chi connectivity index (χ3v) is 5.83. The molecule has 0 aromatic carbocycles. The van der Waals surface area contributed by atoms with E-state index in [1.54, 1.807) is 0 Å². The van der Waals surface area contributed by atoms with Crippen LogP contribution in [0.3, 0.4) is 0 Å². The predicted octanol–water partition coefficient (Wildman–Crippen LogP) is 2.82. The van der Waals surface area contributed by atoms with Gasteiger partial charge in [-0.05, 0) is 68.6 Å². The molecule has 4 rings (SSSR count). The van der Waals surface area contributed by atoms with E-state index in [-0.39, 0.29) is 17.2 Å². The van der Waals surface area contributed by atoms with E-state index < -0.39 is 12.0 Å². The maximum atomic E-state index is 12.8. The topological polar surface area (TPSA) is 66.4 Å². The number of nitrogens with one attached hydrogen (secondary N) is 1. The number of carboxylic acid groups (broad SMARTS) is 1. The second-order valence-corrected chi connectivity index (χ2v) is 8.19. The largest absolute Gasteiger partial charge is 0.480 e. The van der Waals surface area contributed by atoms with Crippen molar-refractivity contribution in [2.75, 3.05) is 0 Å². The summed E-state index contributed by atoms with van der Waals surface area (Å²) in [5.74, 6) is 1.50. The zero-order valence-corrected chi connectivity index (χ0v) is 13.1. The van der Waals surface area contributed by atoms with Crippen LogP contribution in [0.2, 0.25) is 0 Å². The molecule has 4 aliphatic rings. The lowest BCUT2D eigenvalue weighted by molar-refractivity contribution is -0.151. The van der Waals surface area contributed by atoms with Gasteiger partial charge in [0.1, 0.15) is 6.04 Å². The van der Waals surface area contributed by atoms with Gasteiger partial charge in [-0.1, -0.05) is 13.8 Å². The van der Waals surface area contributed by atoms with Crippen LogP contribution in [0, 0.1) is 29.1 Å². The summed E-state index contributed by atoms with van der Waals surface area (Å²) in [5.41, 5.74) is -0.251. The van der Waals surface area contributed by atoms with Gasteiger partial charge in [0.15, 0.2) is 0 Å². The summed E-state index contributed by atoms with van der Waals surface area (Å²) in [6, 6.07) is -0.731. The van der Waals surface area contributed by atoms with E-state index in [1.807, 2.05) is 13.8 Å². The molecule has 21 heavy (non-hydrogen) atoms. The Morgan fingerprint density at radius 1 is 1.10 bits per heavy atom. The normalized spacial score (nSPS) is 38.5. The summed E-state index contributed by atoms with van der Waals surface area (Å²) in [6.07, 6.45) is 7.34. The van der Waals surface area contributed by atoms with Gasteiger partial charge in [-0.15, -0.1) is 0 Å². The number of rotatable bonds is 5. The molecule has 4 saturated carbocycles. The van der Waals surface area contributed by atoms with Crippen LogP contribution >= 0.6 is 0 Å². The Morgan fingerprint density at radius 2 is 1.57 bits per heavy atom. The van der Waals surface area contributed by atoms with E-state index in [1.165, 1.54) is 19.3 Å². The number of carboxylic acids is 1. The summed E-state index contributed by atoms with van der Waals surface area (Å²) < 4.78 is 0. The molecular weight excluding hydrogens is 266 g/mol. The van der Waals surface area contributed by atoms with Crippen molar-refractivity contribution in [1.82, 2.24) is 5.32 Å². The molecule has 0 unspecified atom stereocenters. The molecule has 0 radical (unpaired) electrons. The van der Waals surface area contributed by atoms with E-state index in [2.05, 4.69) is 5.32 Å². The van der Waals surface area contributed by atoms with Gasteiger partial charge < -0.3 is 10.4 Å². The number of amides is 1. The summed E-state index contributed by atoms with van der Waals surface area (Å²) in [6.45, 7) is 3.99. The third-order valence-electron chi connectivity index (χ3n) is 5.83. The minimum absolute atomic E-state index is 0.0228. The van der Waals surface area contributed by atoms with Crippen LogP contribution < -0.4 is 5.32 Å². The van der Waals surface area contributed by atoms with E-state index in [0.717, 1.165) is 19.3 Å². The lowest BCUT2D eigenvalue weighted by Crippen LogP contribution is -2.56. The van der Waals surface area contributed by atoms with Gasteiger partial charge in [-0.3, -0.25) is 4.79 Å². The minimum atomic E-state index is -0.901. The van der Waals surface area contributed by atoms with Crippen molar-refractivity contribution in [3.63, 3.8) is 0 Å². The maximum Gasteiger partial charge on any atom is 0.326 e. The van der Waals surface area contributed by atoms with Crippen molar-refractivity contribution < 1.29 is 14.7 Å². The lowest BCUT2D eigenvalue weighted by atomic mass is 9.49. The fraction of sp³-hybridized carbons (Fsp3) is 0.882. The Morgan fingerprint density at radius 3 is 1.95 bits per heavy atom. The Balaban J connectivity index is 1.71. The second kappa shape index (κ2) is 5.29. The first-order valence-corrected chi connectivity index (χ1v) is 8.42. The van der Waals surface area contributed by atoms with Crippen LogP contribution in [0.25, 0.3) is 0 Å². The molecule has 2 N–H and O–H groups in total. The highest BCUT2D eigenvalue weighted by Crippen LogP contribution is 2.60. The highest BCUT2D eigenvalue weighted by Gasteiger charge is 2.54. The molecule has 0 spiro atoms. The van der Waals surface area contributed by atoms with Crippen LogP contribution in [-0.2, 0) is 9.59 Å². The van der Waals surface area contributed by atoms with Gasteiger partial charge in [-0.25, -0.2) is 4.79 Å². The number of carbonyl (C=O) groups excluding carboxylic acids is 1. The number of hydrogen-bond donors (Lipinski definition) is 2. The summed E-state index contributed by atoms with van der Waals surface area (Å²) in [5, 5.41) is 12.2. The maximum absolute atomic E-state index is 12.8. The molecule has 4 fully saturated rings. The minimum Gasteiger partial charge on any atom is -0.480 e. The molecule has 4 aliphatic carbocycles. The van der Waals surface area contributed by atoms with E-state index >= 15 is 0 Å². The van der Waals surface area contributed by atoms with E-state index in [0.29, 0.717) is 24.2 Å². The average molecular weight is 293 g/mol. The third kappa shape index (κ3) is 2.82. The first kappa shape index (κ1) is 14.9. The lowest BCUT2D eigenvalue weighted by Gasteiger charge is -2.55. The van der Waals surface area contributed by atoms with Crippen molar-refractivity contribution in [2.45, 2.75) is 64.8 Å². The standard InChI is InChI=1S/C17H27NO3/c1-10(2)3-14(15(19)20)18-16(21)17-7-11-4-12(8-17)6-13(5-11)9-17/h10-14H,3-9H2,1-2H3,(H,18,21)(H,19,20)/t11?,12?,13?,14-,17?/m0/s1. The summed E-state index contributed by atoms with van der Waals surface area (Å²) in [7, 11) is 0. The number of carbonyl (C=O) groups is 2. The summed E-state index contributed by atoms with van der Waals surface area (Å²) >= 11 is 0. The zero-order valence-electron chi connectivity index (χ0n) is 13.1. The molecular formula is C17H27NO3. The Hall–Kier alpha value is -1.06. The van der Waals surface area contributed by atoms with Gasteiger partial charge in [0.25, 0.3) is 0 Å². The van der Waals surface area contributed by atoms with E-state index in [4.69, 9.17) is 0 Å². The average Bonchev–Trinajstić information content (AvgIpc) is 2.35. The summed E-state index contributed by atoms with van der Waals surface area (Å²) in [4.78, 5) is 24.2. The molecule has 118 valence electrons. The Labute approximate surface area is 126 Å². The first-order valence-electron chi connectivity index (χ1n) is 8.42. The van der Waals surface area contributed by atoms with Crippen molar-refractivity contribution in [3.8, 4) is 0 Å².